The number of amides is 1. The Morgan fingerprint density at radius 3 is 2.74 bits per heavy atom. The van der Waals surface area contributed by atoms with Gasteiger partial charge in [0.15, 0.2) is 5.65 Å². The van der Waals surface area contributed by atoms with E-state index in [9.17, 15) is 4.79 Å². The van der Waals surface area contributed by atoms with Gasteiger partial charge >= 0.3 is 0 Å². The van der Waals surface area contributed by atoms with Gasteiger partial charge in [0.05, 0.1) is 17.8 Å². The molecule has 0 bridgehead atoms. The molecule has 2 aliphatic rings. The summed E-state index contributed by atoms with van der Waals surface area (Å²) in [6, 6.07) is 2.03. The predicted molar refractivity (Wildman–Crippen MR) is 106 cm³/mol. The molecule has 0 N–H and O–H groups in total. The zero-order valence-electron chi connectivity index (χ0n) is 16.0. The van der Waals surface area contributed by atoms with Crippen LogP contribution in [0.5, 0.6) is 0 Å². The molecule has 2 aromatic rings. The number of fused-ring (bicyclic) bond motifs is 1. The van der Waals surface area contributed by atoms with Crippen molar-refractivity contribution in [3.05, 3.63) is 24.7 Å². The molecular weight excluding hydrogens is 340 g/mol. The van der Waals surface area contributed by atoms with Crippen LogP contribution in [0.2, 0.25) is 0 Å². The maximum atomic E-state index is 13.0. The number of carbonyl (C=O) groups excluding carboxylic acids is 1. The number of rotatable bonds is 4. The summed E-state index contributed by atoms with van der Waals surface area (Å²) in [6.07, 6.45) is 8.39. The van der Waals surface area contributed by atoms with Gasteiger partial charge in [-0.15, -0.1) is 0 Å². The number of piperazine rings is 1. The number of aromatic nitrogens is 3. The molecule has 0 spiro atoms. The molecule has 4 heterocycles. The summed E-state index contributed by atoms with van der Waals surface area (Å²) in [7, 11) is 0. The first-order valence-electron chi connectivity index (χ1n) is 10.1. The molecule has 0 aromatic carbocycles. The maximum absolute atomic E-state index is 13.0. The van der Waals surface area contributed by atoms with Crippen molar-refractivity contribution < 1.29 is 4.79 Å². The van der Waals surface area contributed by atoms with Gasteiger partial charge in [-0.2, -0.15) is 0 Å². The van der Waals surface area contributed by atoms with E-state index in [2.05, 4.69) is 36.6 Å². The lowest BCUT2D eigenvalue weighted by atomic mass is 9.95. The Balaban J connectivity index is 1.40. The third kappa shape index (κ3) is 4.03. The largest absolute Gasteiger partial charge is 0.369 e. The quantitative estimate of drug-likeness (QED) is 0.820. The summed E-state index contributed by atoms with van der Waals surface area (Å²) in [5.74, 6) is 0.401. The van der Waals surface area contributed by atoms with Crippen molar-refractivity contribution in [3.63, 3.8) is 0 Å². The normalized spacial score (nSPS) is 21.6. The first-order valence-corrected chi connectivity index (χ1v) is 10.1. The Morgan fingerprint density at radius 2 is 1.93 bits per heavy atom. The second kappa shape index (κ2) is 8.17. The van der Waals surface area contributed by atoms with Crippen molar-refractivity contribution in [1.29, 1.82) is 0 Å². The number of carbonyl (C=O) groups is 1. The smallest absolute Gasteiger partial charge is 0.227 e. The molecule has 27 heavy (non-hydrogen) atoms. The lowest BCUT2D eigenvalue weighted by Gasteiger charge is -2.39. The van der Waals surface area contributed by atoms with E-state index in [-0.39, 0.29) is 5.92 Å². The summed E-state index contributed by atoms with van der Waals surface area (Å²) in [5.41, 5.74) is 2.50. The molecule has 7 heteroatoms. The van der Waals surface area contributed by atoms with E-state index in [0.29, 0.717) is 11.6 Å². The van der Waals surface area contributed by atoms with Gasteiger partial charge in [0, 0.05) is 51.7 Å². The lowest BCUT2D eigenvalue weighted by molar-refractivity contribution is -0.137. The van der Waals surface area contributed by atoms with Gasteiger partial charge in [-0.3, -0.25) is 14.7 Å². The molecule has 2 fully saturated rings. The van der Waals surface area contributed by atoms with Gasteiger partial charge in [-0.25, -0.2) is 9.97 Å². The van der Waals surface area contributed by atoms with Crippen LogP contribution in [0.15, 0.2) is 24.7 Å². The maximum Gasteiger partial charge on any atom is 0.227 e. The van der Waals surface area contributed by atoms with Crippen molar-refractivity contribution in [2.75, 3.05) is 50.7 Å². The van der Waals surface area contributed by atoms with E-state index in [0.717, 1.165) is 69.9 Å². The fourth-order valence-corrected chi connectivity index (χ4v) is 4.20. The van der Waals surface area contributed by atoms with Gasteiger partial charge < -0.3 is 9.80 Å². The van der Waals surface area contributed by atoms with Crippen LogP contribution in [0.4, 0.5) is 5.69 Å². The molecule has 144 valence electrons. The Hall–Kier alpha value is -2.28. The van der Waals surface area contributed by atoms with Gasteiger partial charge in [-0.05, 0) is 31.9 Å². The standard InChI is InChI=1S/C20H28N6O/c1-2-7-24-9-11-25(12-10-24)20(27)16-4-3-8-26(15-16)17-13-18-19(23-14-17)22-6-5-21-18/h5-6,13-14,16H,2-4,7-12,15H2,1H3. The van der Waals surface area contributed by atoms with E-state index < -0.39 is 0 Å². The molecule has 2 aromatic heterocycles. The molecule has 2 aliphatic heterocycles. The monoisotopic (exact) mass is 368 g/mol. The van der Waals surface area contributed by atoms with Crippen molar-refractivity contribution in [3.8, 4) is 0 Å². The van der Waals surface area contributed by atoms with Crippen LogP contribution in [-0.2, 0) is 4.79 Å². The molecule has 2 saturated heterocycles. The van der Waals surface area contributed by atoms with Gasteiger partial charge in [0.1, 0.15) is 5.52 Å². The highest BCUT2D eigenvalue weighted by Gasteiger charge is 2.31. The average molecular weight is 368 g/mol. The van der Waals surface area contributed by atoms with E-state index in [1.165, 1.54) is 6.42 Å². The Labute approximate surface area is 160 Å². The molecule has 1 unspecified atom stereocenters. The molecule has 7 nitrogen and oxygen atoms in total. The first-order chi connectivity index (χ1) is 13.2. The summed E-state index contributed by atoms with van der Waals surface area (Å²) in [5, 5.41) is 0. The highest BCUT2D eigenvalue weighted by molar-refractivity contribution is 5.80. The van der Waals surface area contributed by atoms with Crippen LogP contribution in [-0.4, -0.2) is 76.5 Å². The fraction of sp³-hybridized carbons (Fsp3) is 0.600. The summed E-state index contributed by atoms with van der Waals surface area (Å²) in [6.45, 7) is 8.80. The zero-order chi connectivity index (χ0) is 18.6. The van der Waals surface area contributed by atoms with Crippen LogP contribution in [0.25, 0.3) is 11.2 Å². The average Bonchev–Trinajstić information content (AvgIpc) is 2.74. The zero-order valence-corrected chi connectivity index (χ0v) is 16.0. The van der Waals surface area contributed by atoms with E-state index in [1.54, 1.807) is 12.4 Å². The molecule has 1 amide bonds. The van der Waals surface area contributed by atoms with Crippen LogP contribution in [0.3, 0.4) is 0 Å². The highest BCUT2D eigenvalue weighted by Crippen LogP contribution is 2.25. The highest BCUT2D eigenvalue weighted by atomic mass is 16.2. The molecular formula is C20H28N6O. The Bertz CT molecular complexity index is 789. The van der Waals surface area contributed by atoms with Crippen molar-refractivity contribution in [2.45, 2.75) is 26.2 Å². The van der Waals surface area contributed by atoms with Crippen LogP contribution >= 0.6 is 0 Å². The molecule has 4 rings (SSSR count). The van der Waals surface area contributed by atoms with Crippen molar-refractivity contribution in [1.82, 2.24) is 24.8 Å². The van der Waals surface area contributed by atoms with Gasteiger partial charge in [-0.1, -0.05) is 6.92 Å². The minimum absolute atomic E-state index is 0.0778. The fourth-order valence-electron chi connectivity index (χ4n) is 4.20. The van der Waals surface area contributed by atoms with Crippen molar-refractivity contribution >= 4 is 22.8 Å². The molecule has 0 radical (unpaired) electrons. The van der Waals surface area contributed by atoms with E-state index in [1.807, 2.05) is 12.3 Å². The molecule has 0 aliphatic carbocycles. The molecule has 0 saturated carbocycles. The summed E-state index contributed by atoms with van der Waals surface area (Å²) < 4.78 is 0. The third-order valence-corrected chi connectivity index (χ3v) is 5.67. The first kappa shape index (κ1) is 18.1. The number of hydrogen-bond acceptors (Lipinski definition) is 6. The lowest BCUT2D eigenvalue weighted by Crippen LogP contribution is -2.52. The second-order valence-corrected chi connectivity index (χ2v) is 7.54. The van der Waals surface area contributed by atoms with E-state index >= 15 is 0 Å². The summed E-state index contributed by atoms with van der Waals surface area (Å²) in [4.78, 5) is 32.9. The number of pyridine rings is 1. The van der Waals surface area contributed by atoms with Crippen LogP contribution in [0.1, 0.15) is 26.2 Å². The number of anilines is 1. The third-order valence-electron chi connectivity index (χ3n) is 5.67. The Morgan fingerprint density at radius 1 is 1.11 bits per heavy atom. The topological polar surface area (TPSA) is 65.5 Å². The minimum Gasteiger partial charge on any atom is -0.369 e. The number of hydrogen-bond donors (Lipinski definition) is 0. The van der Waals surface area contributed by atoms with Crippen LogP contribution in [0, 0.1) is 5.92 Å². The number of nitrogens with zero attached hydrogens (tertiary/aromatic N) is 6. The van der Waals surface area contributed by atoms with Crippen LogP contribution < -0.4 is 4.90 Å². The van der Waals surface area contributed by atoms with Gasteiger partial charge in [0.2, 0.25) is 5.91 Å². The predicted octanol–water partition coefficient (Wildman–Crippen LogP) is 1.80. The van der Waals surface area contributed by atoms with Crippen molar-refractivity contribution in [2.24, 2.45) is 5.92 Å². The van der Waals surface area contributed by atoms with Gasteiger partial charge in [0.25, 0.3) is 0 Å². The Kier molecular flexibility index (Phi) is 5.48. The minimum atomic E-state index is 0.0778. The summed E-state index contributed by atoms with van der Waals surface area (Å²) >= 11 is 0. The van der Waals surface area contributed by atoms with E-state index in [4.69, 9.17) is 0 Å². The molecule has 1 atom stereocenters. The number of piperidine rings is 1. The second-order valence-electron chi connectivity index (χ2n) is 7.54. The SMILES string of the molecule is CCCN1CCN(C(=O)C2CCCN(c3cnc4nccnc4c3)C2)CC1.